The fraction of sp³-hybridized carbons (Fsp3) is 0.0714. The van der Waals surface area contributed by atoms with Gasteiger partial charge in [-0.1, -0.05) is 0 Å². The summed E-state index contributed by atoms with van der Waals surface area (Å²) in [4.78, 5) is 4.03. The van der Waals surface area contributed by atoms with Gasteiger partial charge in [-0.05, 0) is 0 Å². The first-order valence-corrected chi connectivity index (χ1v) is 15.5. The van der Waals surface area contributed by atoms with Gasteiger partial charge in [0.05, 0.1) is 0 Å². The van der Waals surface area contributed by atoms with E-state index in [0.717, 1.165) is 54.9 Å². The summed E-state index contributed by atoms with van der Waals surface area (Å²) in [5, 5.41) is 0. The molecular formula is C28H15AsF6S2. The van der Waals surface area contributed by atoms with Crippen LogP contribution in [0.5, 0.6) is 0 Å². The van der Waals surface area contributed by atoms with Crippen LogP contribution >= 0.6 is 22.7 Å². The first-order valence-electron chi connectivity index (χ1n) is 11.1. The van der Waals surface area contributed by atoms with Crippen molar-refractivity contribution in [3.05, 3.63) is 102 Å². The van der Waals surface area contributed by atoms with Gasteiger partial charge < -0.3 is 0 Å². The molecule has 3 heterocycles. The van der Waals surface area contributed by atoms with E-state index in [1.807, 2.05) is 18.2 Å². The number of halogens is 6. The van der Waals surface area contributed by atoms with E-state index in [2.05, 4.69) is 24.3 Å². The Labute approximate surface area is 221 Å². The molecule has 0 radical (unpaired) electrons. The van der Waals surface area contributed by atoms with Crippen molar-refractivity contribution in [2.45, 2.75) is 12.4 Å². The Kier molecular flexibility index (Phi) is 5.90. The van der Waals surface area contributed by atoms with Crippen molar-refractivity contribution < 1.29 is 26.3 Å². The second-order valence-corrected chi connectivity index (χ2v) is 15.1. The minimum absolute atomic E-state index is 0.681. The number of alkyl halides is 6. The summed E-state index contributed by atoms with van der Waals surface area (Å²) in [5.41, 5.74) is 0.101. The van der Waals surface area contributed by atoms with Gasteiger partial charge in [-0.3, -0.25) is 0 Å². The average Bonchev–Trinajstić information content (AvgIpc) is 3.55. The van der Waals surface area contributed by atoms with Crippen molar-refractivity contribution in [2.24, 2.45) is 0 Å². The predicted molar refractivity (Wildman–Crippen MR) is 140 cm³/mol. The average molecular weight is 604 g/mol. The SMILES string of the molecule is FC(F)(F)c1ccc(-c2cc3c(s2)-c2sc(-c4ccc(C(F)(F)F)cc4)cc2[As]3c2ccccc2)cc1. The molecule has 0 spiro atoms. The van der Waals surface area contributed by atoms with Gasteiger partial charge in [-0.15, -0.1) is 0 Å². The fourth-order valence-electron chi connectivity index (χ4n) is 4.34. The van der Waals surface area contributed by atoms with E-state index in [1.54, 1.807) is 22.7 Å². The maximum absolute atomic E-state index is 13.0. The molecule has 5 aromatic rings. The van der Waals surface area contributed by atoms with Crippen molar-refractivity contribution in [2.75, 3.05) is 0 Å². The molecule has 0 saturated carbocycles. The second-order valence-electron chi connectivity index (χ2n) is 8.47. The van der Waals surface area contributed by atoms with Crippen molar-refractivity contribution in [1.29, 1.82) is 0 Å². The Bertz CT molecular complexity index is 1480. The van der Waals surface area contributed by atoms with Crippen LogP contribution < -0.4 is 13.1 Å². The van der Waals surface area contributed by atoms with E-state index in [0.29, 0.717) is 0 Å². The Morgan fingerprint density at radius 1 is 0.514 bits per heavy atom. The Hall–Kier alpha value is -2.80. The van der Waals surface area contributed by atoms with Crippen LogP contribution in [0.4, 0.5) is 26.3 Å². The predicted octanol–water partition coefficient (Wildman–Crippen LogP) is 7.68. The Balaban J connectivity index is 1.44. The maximum atomic E-state index is 13.0. The summed E-state index contributed by atoms with van der Waals surface area (Å²) >= 11 is 1.18. The van der Waals surface area contributed by atoms with E-state index in [4.69, 9.17) is 0 Å². The third-order valence-corrected chi connectivity index (χ3v) is 14.5. The van der Waals surface area contributed by atoms with Gasteiger partial charge in [0.2, 0.25) is 0 Å². The van der Waals surface area contributed by atoms with E-state index >= 15 is 0 Å². The van der Waals surface area contributed by atoms with Crippen LogP contribution in [0.3, 0.4) is 0 Å². The summed E-state index contributed by atoms with van der Waals surface area (Å²) in [6.45, 7) is 0. The standard InChI is InChI=1S/C28H15AsF6S2/c30-27(31,32)18-10-6-16(7-11-18)23-14-21-25(36-23)26-22(29(21)20-4-2-1-3-5-20)15-24(37-26)17-8-12-19(13-9-17)28(33,34)35/h1-15H. The number of thiophene rings is 2. The summed E-state index contributed by atoms with van der Waals surface area (Å²) in [7, 11) is 0. The van der Waals surface area contributed by atoms with Gasteiger partial charge in [0, 0.05) is 0 Å². The van der Waals surface area contributed by atoms with Crippen LogP contribution in [-0.2, 0) is 12.4 Å². The fourth-order valence-corrected chi connectivity index (χ4v) is 14.0. The molecule has 37 heavy (non-hydrogen) atoms. The molecule has 0 atom stereocenters. The summed E-state index contributed by atoms with van der Waals surface area (Å²) in [6, 6.07) is 24.8. The van der Waals surface area contributed by atoms with Crippen LogP contribution in [0.2, 0.25) is 0 Å². The zero-order valence-electron chi connectivity index (χ0n) is 18.7. The number of rotatable bonds is 3. The van der Waals surface area contributed by atoms with Crippen LogP contribution in [0.25, 0.3) is 30.6 Å². The summed E-state index contributed by atoms with van der Waals surface area (Å²) in [5.74, 6) is 0. The van der Waals surface area contributed by atoms with Gasteiger partial charge in [0.25, 0.3) is 0 Å². The third-order valence-electron chi connectivity index (χ3n) is 6.12. The molecule has 9 heteroatoms. The van der Waals surface area contributed by atoms with Crippen molar-refractivity contribution in [3.8, 4) is 30.6 Å². The van der Waals surface area contributed by atoms with Gasteiger partial charge in [-0.2, -0.15) is 0 Å². The monoisotopic (exact) mass is 604 g/mol. The van der Waals surface area contributed by atoms with E-state index in [1.165, 1.54) is 37.3 Å². The summed E-state index contributed by atoms with van der Waals surface area (Å²) < 4.78 is 81.9. The minimum atomic E-state index is -4.39. The number of benzene rings is 3. The molecule has 186 valence electrons. The van der Waals surface area contributed by atoms with Gasteiger partial charge in [-0.25, -0.2) is 0 Å². The van der Waals surface area contributed by atoms with Crippen LogP contribution in [0.1, 0.15) is 11.1 Å². The normalized spacial score (nSPS) is 13.6. The van der Waals surface area contributed by atoms with Gasteiger partial charge >= 0.3 is 222 Å². The zero-order chi connectivity index (χ0) is 25.9. The molecule has 1 aliphatic heterocycles. The molecule has 0 bridgehead atoms. The molecule has 1 aliphatic rings. The topological polar surface area (TPSA) is 0 Å². The Morgan fingerprint density at radius 2 is 0.919 bits per heavy atom. The second kappa shape index (κ2) is 8.90. The first kappa shape index (κ1) is 24.5. The van der Waals surface area contributed by atoms with Crippen LogP contribution in [-0.4, -0.2) is 14.7 Å². The van der Waals surface area contributed by atoms with Crippen molar-refractivity contribution >= 4 is 50.4 Å². The van der Waals surface area contributed by atoms with E-state index in [-0.39, 0.29) is 0 Å². The van der Waals surface area contributed by atoms with Gasteiger partial charge in [0.15, 0.2) is 0 Å². The molecule has 3 aromatic carbocycles. The molecule has 0 aliphatic carbocycles. The third kappa shape index (κ3) is 4.45. The molecule has 0 nitrogen and oxygen atoms in total. The number of hydrogen-bond acceptors (Lipinski definition) is 2. The number of hydrogen-bond donors (Lipinski definition) is 0. The Morgan fingerprint density at radius 3 is 1.30 bits per heavy atom. The van der Waals surface area contributed by atoms with Crippen LogP contribution in [0.15, 0.2) is 91.0 Å². The zero-order valence-corrected chi connectivity index (χ0v) is 22.2. The quantitative estimate of drug-likeness (QED) is 0.144. The van der Waals surface area contributed by atoms with Gasteiger partial charge in [0.1, 0.15) is 0 Å². The molecule has 0 amide bonds. The molecule has 2 aromatic heterocycles. The van der Waals surface area contributed by atoms with Crippen LogP contribution in [0, 0.1) is 0 Å². The molecule has 6 rings (SSSR count). The molecule has 0 saturated heterocycles. The van der Waals surface area contributed by atoms with E-state index < -0.39 is 38.1 Å². The van der Waals surface area contributed by atoms with Crippen molar-refractivity contribution in [3.63, 3.8) is 0 Å². The van der Waals surface area contributed by atoms with Crippen molar-refractivity contribution in [1.82, 2.24) is 0 Å². The summed E-state index contributed by atoms with van der Waals surface area (Å²) in [6.07, 6.45) is -8.77. The van der Waals surface area contributed by atoms with E-state index in [9.17, 15) is 26.3 Å². The molecule has 0 unspecified atom stereocenters. The number of fused-ring (bicyclic) bond motifs is 3. The molecule has 0 fully saturated rings. The molecular weight excluding hydrogens is 589 g/mol. The first-order chi connectivity index (χ1) is 17.6. The molecule has 0 N–H and O–H groups in total.